The van der Waals surface area contributed by atoms with Crippen molar-refractivity contribution in [3.05, 3.63) is 40.1 Å². The molecule has 0 aromatic carbocycles. The van der Waals surface area contributed by atoms with E-state index < -0.39 is 0 Å². The third kappa shape index (κ3) is 2.79. The minimum atomic E-state index is 0.256. The molecule has 1 aliphatic carbocycles. The van der Waals surface area contributed by atoms with Gasteiger partial charge in [0.05, 0.1) is 0 Å². The molecule has 0 fully saturated rings. The molecule has 0 unspecified atom stereocenters. The number of Topliss-reactive ketones (excluding diaryl/α,β-unsaturated/α-hetero) is 1. The Hall–Kier alpha value is -0.960. The molecule has 1 aromatic rings. The van der Waals surface area contributed by atoms with Crippen LogP contribution in [-0.4, -0.2) is 10.8 Å². The Balaban J connectivity index is 2.07. The SMILES string of the molecule is O=C(Cc1ccncc1Br)C1=CCCCC1. The molecule has 0 saturated carbocycles. The Morgan fingerprint density at radius 3 is 3.00 bits per heavy atom. The summed E-state index contributed by atoms with van der Waals surface area (Å²) in [5.74, 6) is 0.256. The van der Waals surface area contributed by atoms with Crippen molar-refractivity contribution in [3.8, 4) is 0 Å². The van der Waals surface area contributed by atoms with E-state index in [1.807, 2.05) is 6.07 Å². The van der Waals surface area contributed by atoms with Crippen LogP contribution in [0.2, 0.25) is 0 Å². The van der Waals surface area contributed by atoms with Crippen molar-refractivity contribution in [1.29, 1.82) is 0 Å². The van der Waals surface area contributed by atoms with Crippen molar-refractivity contribution < 1.29 is 4.79 Å². The quantitative estimate of drug-likeness (QED) is 0.848. The minimum absolute atomic E-state index is 0.256. The molecule has 0 radical (unpaired) electrons. The molecule has 84 valence electrons. The third-order valence-electron chi connectivity index (χ3n) is 2.86. The molecule has 0 saturated heterocycles. The van der Waals surface area contributed by atoms with Crippen molar-refractivity contribution >= 4 is 21.7 Å². The van der Waals surface area contributed by atoms with E-state index in [1.54, 1.807) is 12.4 Å². The highest BCUT2D eigenvalue weighted by Gasteiger charge is 2.13. The first-order chi connectivity index (χ1) is 7.77. The maximum atomic E-state index is 12.0. The molecule has 0 amide bonds. The summed E-state index contributed by atoms with van der Waals surface area (Å²) in [5, 5.41) is 0. The Kier molecular flexibility index (Phi) is 3.88. The zero-order valence-electron chi connectivity index (χ0n) is 9.08. The Labute approximate surface area is 104 Å². The molecule has 1 aromatic heterocycles. The number of carbonyl (C=O) groups excluding carboxylic acids is 1. The molecule has 3 heteroatoms. The average Bonchev–Trinajstić information content (AvgIpc) is 2.33. The monoisotopic (exact) mass is 279 g/mol. The zero-order valence-corrected chi connectivity index (χ0v) is 10.7. The van der Waals surface area contributed by atoms with Crippen LogP contribution in [0.4, 0.5) is 0 Å². The van der Waals surface area contributed by atoms with Crippen LogP contribution in [-0.2, 0) is 11.2 Å². The van der Waals surface area contributed by atoms with E-state index in [0.717, 1.165) is 34.9 Å². The highest BCUT2D eigenvalue weighted by atomic mass is 79.9. The molecular weight excluding hydrogens is 266 g/mol. The van der Waals surface area contributed by atoms with Crippen LogP contribution in [0.5, 0.6) is 0 Å². The van der Waals surface area contributed by atoms with E-state index in [9.17, 15) is 4.79 Å². The first-order valence-corrected chi connectivity index (χ1v) is 6.37. The van der Waals surface area contributed by atoms with Crippen LogP contribution < -0.4 is 0 Å². The average molecular weight is 280 g/mol. The molecule has 0 N–H and O–H groups in total. The molecule has 1 aliphatic rings. The summed E-state index contributed by atoms with van der Waals surface area (Å²) in [6, 6.07) is 1.89. The van der Waals surface area contributed by atoms with Gasteiger partial charge in [0.2, 0.25) is 0 Å². The summed E-state index contributed by atoms with van der Waals surface area (Å²) in [6.45, 7) is 0. The molecule has 0 spiro atoms. The largest absolute Gasteiger partial charge is 0.294 e. The lowest BCUT2D eigenvalue weighted by molar-refractivity contribution is -0.115. The lowest BCUT2D eigenvalue weighted by Gasteiger charge is -2.11. The maximum Gasteiger partial charge on any atom is 0.162 e. The molecule has 0 atom stereocenters. The summed E-state index contributed by atoms with van der Waals surface area (Å²) in [7, 11) is 0. The number of nitrogens with zero attached hydrogens (tertiary/aromatic N) is 1. The second-order valence-electron chi connectivity index (χ2n) is 4.04. The van der Waals surface area contributed by atoms with Crippen LogP contribution in [0, 0.1) is 0 Å². The highest BCUT2D eigenvalue weighted by molar-refractivity contribution is 9.10. The summed E-state index contributed by atoms with van der Waals surface area (Å²) < 4.78 is 0.916. The summed E-state index contributed by atoms with van der Waals surface area (Å²) in [6.07, 6.45) is 10.4. The van der Waals surface area contributed by atoms with Crippen molar-refractivity contribution in [2.45, 2.75) is 32.1 Å². The molecule has 16 heavy (non-hydrogen) atoms. The molecule has 0 aliphatic heterocycles. The van der Waals surface area contributed by atoms with Crippen LogP contribution in [0.15, 0.2) is 34.6 Å². The highest BCUT2D eigenvalue weighted by Crippen LogP contribution is 2.21. The van der Waals surface area contributed by atoms with Gasteiger partial charge in [-0.3, -0.25) is 9.78 Å². The van der Waals surface area contributed by atoms with Crippen molar-refractivity contribution in [3.63, 3.8) is 0 Å². The molecule has 2 rings (SSSR count). The number of allylic oxidation sites excluding steroid dienone is 2. The summed E-state index contributed by atoms with van der Waals surface area (Å²) in [4.78, 5) is 16.0. The van der Waals surface area contributed by atoms with Crippen LogP contribution in [0.25, 0.3) is 0 Å². The third-order valence-corrected chi connectivity index (χ3v) is 3.57. The fraction of sp³-hybridized carbons (Fsp3) is 0.385. The fourth-order valence-corrected chi connectivity index (χ4v) is 2.32. The van der Waals surface area contributed by atoms with Crippen molar-refractivity contribution in [1.82, 2.24) is 4.98 Å². The van der Waals surface area contributed by atoms with E-state index in [-0.39, 0.29) is 5.78 Å². The number of hydrogen-bond acceptors (Lipinski definition) is 2. The van der Waals surface area contributed by atoms with Gasteiger partial charge in [-0.25, -0.2) is 0 Å². The number of pyridine rings is 1. The number of halogens is 1. The lowest BCUT2D eigenvalue weighted by atomic mass is 9.93. The predicted octanol–water partition coefficient (Wildman–Crippen LogP) is 3.46. The zero-order chi connectivity index (χ0) is 11.4. The van der Waals surface area contributed by atoms with Gasteiger partial charge >= 0.3 is 0 Å². The fourth-order valence-electron chi connectivity index (χ4n) is 1.93. The Morgan fingerprint density at radius 1 is 1.44 bits per heavy atom. The van der Waals surface area contributed by atoms with Crippen molar-refractivity contribution in [2.75, 3.05) is 0 Å². The van der Waals surface area contributed by atoms with Gasteiger partial charge < -0.3 is 0 Å². The molecular formula is C13H14BrNO. The van der Waals surface area contributed by atoms with Gasteiger partial charge in [0.1, 0.15) is 0 Å². The van der Waals surface area contributed by atoms with E-state index in [2.05, 4.69) is 27.0 Å². The van der Waals surface area contributed by atoms with Gasteiger partial charge in [-0.1, -0.05) is 6.08 Å². The lowest BCUT2D eigenvalue weighted by Crippen LogP contribution is -2.09. The predicted molar refractivity (Wildman–Crippen MR) is 67.2 cm³/mol. The normalized spacial score (nSPS) is 15.7. The number of aromatic nitrogens is 1. The number of ketones is 1. The van der Waals surface area contributed by atoms with E-state index in [0.29, 0.717) is 6.42 Å². The van der Waals surface area contributed by atoms with Crippen LogP contribution in [0.1, 0.15) is 31.2 Å². The molecule has 0 bridgehead atoms. The standard InChI is InChI=1S/C13H14BrNO/c14-12-9-15-7-6-11(12)8-13(16)10-4-2-1-3-5-10/h4,6-7,9H,1-3,5,8H2. The van der Waals surface area contributed by atoms with Gasteiger partial charge in [-0.2, -0.15) is 0 Å². The summed E-state index contributed by atoms with van der Waals surface area (Å²) >= 11 is 3.41. The van der Waals surface area contributed by atoms with E-state index >= 15 is 0 Å². The van der Waals surface area contributed by atoms with Gasteiger partial charge in [-0.15, -0.1) is 0 Å². The number of rotatable bonds is 3. The first-order valence-electron chi connectivity index (χ1n) is 5.58. The van der Waals surface area contributed by atoms with E-state index in [4.69, 9.17) is 0 Å². The smallest absolute Gasteiger partial charge is 0.162 e. The Morgan fingerprint density at radius 2 is 2.31 bits per heavy atom. The van der Waals surface area contributed by atoms with E-state index in [1.165, 1.54) is 6.42 Å². The van der Waals surface area contributed by atoms with Gasteiger partial charge in [0, 0.05) is 23.3 Å². The summed E-state index contributed by atoms with van der Waals surface area (Å²) in [5.41, 5.74) is 2.03. The minimum Gasteiger partial charge on any atom is -0.294 e. The number of hydrogen-bond donors (Lipinski definition) is 0. The second-order valence-corrected chi connectivity index (χ2v) is 4.90. The van der Waals surface area contributed by atoms with Crippen molar-refractivity contribution in [2.24, 2.45) is 0 Å². The van der Waals surface area contributed by atoms with Crippen LogP contribution in [0.3, 0.4) is 0 Å². The van der Waals surface area contributed by atoms with Gasteiger partial charge in [0.25, 0.3) is 0 Å². The van der Waals surface area contributed by atoms with Gasteiger partial charge in [-0.05, 0) is 58.8 Å². The molecule has 2 nitrogen and oxygen atoms in total. The Bertz CT molecular complexity index is 426. The topological polar surface area (TPSA) is 30.0 Å². The molecule has 1 heterocycles. The first kappa shape index (κ1) is 11.5. The second kappa shape index (κ2) is 5.39. The van der Waals surface area contributed by atoms with Crippen LogP contribution >= 0.6 is 15.9 Å². The number of carbonyl (C=O) groups is 1. The van der Waals surface area contributed by atoms with Gasteiger partial charge in [0.15, 0.2) is 5.78 Å². The maximum absolute atomic E-state index is 12.0.